The molecule has 0 radical (unpaired) electrons. The van der Waals surface area contributed by atoms with Crippen LogP contribution in [-0.4, -0.2) is 15.1 Å². The van der Waals surface area contributed by atoms with Crippen LogP contribution in [-0.2, 0) is 6.54 Å². The third-order valence-electron chi connectivity index (χ3n) is 2.23. The molecule has 0 aliphatic carbocycles. The number of para-hydroxylation sites is 1. The zero-order valence-electron chi connectivity index (χ0n) is 8.77. The molecule has 0 fully saturated rings. The number of phenolic OH excluding ortho intramolecular Hbond substituents is 1. The lowest BCUT2D eigenvalue weighted by molar-refractivity contribution is 0.469. The van der Waals surface area contributed by atoms with Crippen molar-refractivity contribution < 1.29 is 5.11 Å². The first-order chi connectivity index (χ1) is 8.18. The molecule has 0 saturated heterocycles. The molecule has 2 rings (SSSR count). The zero-order valence-corrected chi connectivity index (χ0v) is 9.53. The molecule has 1 heterocycles. The highest BCUT2D eigenvalue weighted by Gasteiger charge is 2.06. The van der Waals surface area contributed by atoms with Gasteiger partial charge in [-0.3, -0.25) is 4.79 Å². The topological polar surface area (TPSA) is 78.0 Å². The van der Waals surface area contributed by atoms with E-state index in [1.165, 1.54) is 6.33 Å². The number of hydrogen-bond donors (Lipinski definition) is 3. The molecule has 6 heteroatoms. The summed E-state index contributed by atoms with van der Waals surface area (Å²) >= 11 is 5.77. The second-order valence-corrected chi connectivity index (χ2v) is 3.75. The van der Waals surface area contributed by atoms with Gasteiger partial charge in [0.2, 0.25) is 0 Å². The average Bonchev–Trinajstić information content (AvgIpc) is 2.33. The normalized spacial score (nSPS) is 10.2. The molecule has 5 nitrogen and oxygen atoms in total. The summed E-state index contributed by atoms with van der Waals surface area (Å²) in [6, 6.07) is 6.90. The van der Waals surface area contributed by atoms with Gasteiger partial charge in [-0.05, 0) is 6.07 Å². The van der Waals surface area contributed by atoms with Crippen LogP contribution in [0.4, 0.5) is 5.82 Å². The Morgan fingerprint density at radius 2 is 2.18 bits per heavy atom. The minimum Gasteiger partial charge on any atom is -0.508 e. The van der Waals surface area contributed by atoms with Crippen molar-refractivity contribution in [3.8, 4) is 5.75 Å². The molecular weight excluding hydrogens is 242 g/mol. The quantitative estimate of drug-likeness (QED) is 0.777. The molecule has 0 aliphatic heterocycles. The number of aromatic amines is 1. The summed E-state index contributed by atoms with van der Waals surface area (Å²) in [6.45, 7) is 0.336. The van der Waals surface area contributed by atoms with Gasteiger partial charge < -0.3 is 15.4 Å². The van der Waals surface area contributed by atoms with Crippen molar-refractivity contribution in [2.24, 2.45) is 0 Å². The predicted molar refractivity (Wildman–Crippen MR) is 65.3 cm³/mol. The lowest BCUT2D eigenvalue weighted by atomic mass is 10.2. The van der Waals surface area contributed by atoms with E-state index in [-0.39, 0.29) is 10.8 Å². The third-order valence-corrected chi connectivity index (χ3v) is 2.59. The Hall–Kier alpha value is -2.01. The molecule has 3 N–H and O–H groups in total. The molecule has 2 aromatic rings. The first-order valence-electron chi connectivity index (χ1n) is 4.92. The molecule has 17 heavy (non-hydrogen) atoms. The van der Waals surface area contributed by atoms with Gasteiger partial charge >= 0.3 is 0 Å². The second kappa shape index (κ2) is 4.88. The van der Waals surface area contributed by atoms with E-state index < -0.39 is 5.56 Å². The summed E-state index contributed by atoms with van der Waals surface area (Å²) in [7, 11) is 0. The van der Waals surface area contributed by atoms with Gasteiger partial charge in [-0.2, -0.15) is 0 Å². The van der Waals surface area contributed by atoms with Gasteiger partial charge in [0.25, 0.3) is 5.56 Å². The molecule has 0 aliphatic rings. The molecule has 0 amide bonds. The van der Waals surface area contributed by atoms with Crippen molar-refractivity contribution in [2.75, 3.05) is 5.32 Å². The van der Waals surface area contributed by atoms with E-state index in [2.05, 4.69) is 15.3 Å². The third kappa shape index (κ3) is 2.57. The van der Waals surface area contributed by atoms with E-state index in [4.69, 9.17) is 11.6 Å². The van der Waals surface area contributed by atoms with Crippen molar-refractivity contribution in [3.05, 3.63) is 51.5 Å². The van der Waals surface area contributed by atoms with Crippen LogP contribution in [0.5, 0.6) is 5.75 Å². The monoisotopic (exact) mass is 251 g/mol. The number of H-pyrrole nitrogens is 1. The SMILES string of the molecule is O=c1[nH]cnc(NCc2ccccc2O)c1Cl. The van der Waals surface area contributed by atoms with Crippen LogP contribution in [0.25, 0.3) is 0 Å². The number of hydrogen-bond acceptors (Lipinski definition) is 4. The largest absolute Gasteiger partial charge is 0.508 e. The highest BCUT2D eigenvalue weighted by atomic mass is 35.5. The van der Waals surface area contributed by atoms with E-state index in [0.717, 1.165) is 0 Å². The minimum atomic E-state index is -0.401. The van der Waals surface area contributed by atoms with Crippen LogP contribution in [0, 0.1) is 0 Å². The maximum absolute atomic E-state index is 11.2. The second-order valence-electron chi connectivity index (χ2n) is 3.38. The van der Waals surface area contributed by atoms with Crippen molar-refractivity contribution in [1.82, 2.24) is 9.97 Å². The highest BCUT2D eigenvalue weighted by Crippen LogP contribution is 2.18. The summed E-state index contributed by atoms with van der Waals surface area (Å²) < 4.78 is 0. The van der Waals surface area contributed by atoms with Gasteiger partial charge in [-0.15, -0.1) is 0 Å². The average molecular weight is 252 g/mol. The number of halogens is 1. The Morgan fingerprint density at radius 3 is 2.94 bits per heavy atom. The Balaban J connectivity index is 2.16. The first kappa shape index (κ1) is 11.5. The molecule has 1 aromatic carbocycles. The Morgan fingerprint density at radius 1 is 1.41 bits per heavy atom. The van der Waals surface area contributed by atoms with E-state index >= 15 is 0 Å². The standard InChI is InChI=1S/C11H10ClN3O2/c12-9-10(14-6-15-11(9)17)13-5-7-3-1-2-4-8(7)16/h1-4,6,16H,5H2,(H2,13,14,15,17). The molecule has 88 valence electrons. The van der Waals surface area contributed by atoms with Gasteiger partial charge in [0, 0.05) is 12.1 Å². The predicted octanol–water partition coefficient (Wildman–Crippen LogP) is 1.74. The van der Waals surface area contributed by atoms with E-state index in [1.54, 1.807) is 18.2 Å². The van der Waals surface area contributed by atoms with Crippen molar-refractivity contribution in [3.63, 3.8) is 0 Å². The van der Waals surface area contributed by atoms with E-state index in [9.17, 15) is 9.90 Å². The van der Waals surface area contributed by atoms with Gasteiger partial charge in [0.15, 0.2) is 5.82 Å². The highest BCUT2D eigenvalue weighted by molar-refractivity contribution is 6.32. The van der Waals surface area contributed by atoms with Crippen LogP contribution in [0.3, 0.4) is 0 Å². The molecular formula is C11H10ClN3O2. The molecule has 0 bridgehead atoms. The van der Waals surface area contributed by atoms with Crippen LogP contribution in [0.1, 0.15) is 5.56 Å². The summed E-state index contributed by atoms with van der Waals surface area (Å²) in [4.78, 5) is 17.5. The maximum atomic E-state index is 11.2. The molecule has 0 spiro atoms. The number of phenols is 1. The van der Waals surface area contributed by atoms with Gasteiger partial charge in [-0.25, -0.2) is 4.98 Å². The minimum absolute atomic E-state index is 0.00270. The summed E-state index contributed by atoms with van der Waals surface area (Å²) in [5.41, 5.74) is 0.298. The molecule has 0 saturated carbocycles. The van der Waals surface area contributed by atoms with Crippen LogP contribution >= 0.6 is 11.6 Å². The van der Waals surface area contributed by atoms with Crippen LogP contribution in [0.2, 0.25) is 5.02 Å². The molecule has 0 atom stereocenters. The Kier molecular flexibility index (Phi) is 3.30. The van der Waals surface area contributed by atoms with Gasteiger partial charge in [0.05, 0.1) is 6.33 Å². The summed E-state index contributed by atoms with van der Waals surface area (Å²) in [5.74, 6) is 0.472. The molecule has 1 aromatic heterocycles. The molecule has 0 unspecified atom stereocenters. The first-order valence-corrected chi connectivity index (χ1v) is 5.30. The number of nitrogens with one attached hydrogen (secondary N) is 2. The maximum Gasteiger partial charge on any atom is 0.271 e. The lowest BCUT2D eigenvalue weighted by Crippen LogP contribution is -2.11. The van der Waals surface area contributed by atoms with Gasteiger partial charge in [0.1, 0.15) is 10.8 Å². The fourth-order valence-electron chi connectivity index (χ4n) is 1.35. The van der Waals surface area contributed by atoms with Gasteiger partial charge in [-0.1, -0.05) is 29.8 Å². The summed E-state index contributed by atoms with van der Waals surface area (Å²) in [6.07, 6.45) is 1.27. The number of nitrogens with zero attached hydrogens (tertiary/aromatic N) is 1. The number of benzene rings is 1. The van der Waals surface area contributed by atoms with Crippen molar-refractivity contribution >= 4 is 17.4 Å². The van der Waals surface area contributed by atoms with Crippen molar-refractivity contribution in [2.45, 2.75) is 6.54 Å². The number of anilines is 1. The number of aromatic nitrogens is 2. The number of rotatable bonds is 3. The van der Waals surface area contributed by atoms with E-state index in [1.807, 2.05) is 6.07 Å². The Bertz CT molecular complexity index is 583. The zero-order chi connectivity index (χ0) is 12.3. The smallest absolute Gasteiger partial charge is 0.271 e. The van der Waals surface area contributed by atoms with Crippen LogP contribution in [0.15, 0.2) is 35.4 Å². The fourth-order valence-corrected chi connectivity index (χ4v) is 1.52. The van der Waals surface area contributed by atoms with Crippen molar-refractivity contribution in [1.29, 1.82) is 0 Å². The van der Waals surface area contributed by atoms with Crippen LogP contribution < -0.4 is 10.9 Å². The summed E-state index contributed by atoms with van der Waals surface area (Å²) in [5, 5.41) is 12.4. The fraction of sp³-hybridized carbons (Fsp3) is 0.0909. The Labute approximate surface area is 102 Å². The van der Waals surface area contributed by atoms with E-state index in [0.29, 0.717) is 17.9 Å². The lowest BCUT2D eigenvalue weighted by Gasteiger charge is -2.07. The number of aromatic hydroxyl groups is 1.